The highest BCUT2D eigenvalue weighted by Crippen LogP contribution is 2.31. The fourth-order valence-corrected chi connectivity index (χ4v) is 0.757. The van der Waals surface area contributed by atoms with Gasteiger partial charge in [0.15, 0.2) is 5.82 Å². The second-order valence-corrected chi connectivity index (χ2v) is 2.41. The molecular weight excluding hydrogens is 154 g/mol. The van der Waals surface area contributed by atoms with Crippen molar-refractivity contribution in [2.24, 2.45) is 0 Å². The third-order valence-corrected chi connectivity index (χ3v) is 1.36. The smallest absolute Gasteiger partial charge is 0.305 e. The van der Waals surface area contributed by atoms with Crippen molar-refractivity contribution >= 4 is 5.82 Å². The number of alkyl halides is 2. The van der Waals surface area contributed by atoms with Gasteiger partial charge >= 0.3 is 5.92 Å². The molecule has 0 aliphatic rings. The highest BCUT2D eigenvalue weighted by Gasteiger charge is 2.32. The average Bonchev–Trinajstić information content (AvgIpc) is 2.11. The zero-order chi connectivity index (χ0) is 8.65. The Hall–Kier alpha value is -1.13. The molecule has 1 heterocycles. The Kier molecular flexibility index (Phi) is 1.58. The van der Waals surface area contributed by atoms with E-state index >= 15 is 0 Å². The number of hydrogen-bond donors (Lipinski definition) is 1. The summed E-state index contributed by atoms with van der Waals surface area (Å²) in [4.78, 5) is 0. The molecule has 11 heavy (non-hydrogen) atoms. The van der Waals surface area contributed by atoms with E-state index in [9.17, 15) is 8.78 Å². The van der Waals surface area contributed by atoms with E-state index in [-0.39, 0.29) is 11.4 Å². The van der Waals surface area contributed by atoms with Crippen molar-refractivity contribution in [3.8, 4) is 0 Å². The van der Waals surface area contributed by atoms with Crippen LogP contribution in [0.25, 0.3) is 0 Å². The molecule has 1 aromatic rings. The van der Waals surface area contributed by atoms with Crippen LogP contribution < -0.4 is 5.73 Å². The minimum Gasteiger partial charge on any atom is -0.381 e. The van der Waals surface area contributed by atoms with Crippen LogP contribution in [0.1, 0.15) is 18.2 Å². The van der Waals surface area contributed by atoms with E-state index in [1.807, 2.05) is 0 Å². The Balaban J connectivity index is 3.15. The maximum Gasteiger partial charge on any atom is 0.305 e. The molecule has 0 aromatic carbocycles. The Morgan fingerprint density at radius 1 is 1.55 bits per heavy atom. The third kappa shape index (κ3) is 1.31. The van der Waals surface area contributed by atoms with Crippen molar-refractivity contribution in [2.45, 2.75) is 19.8 Å². The fraction of sp³-hybridized carbons (Fsp3) is 0.500. The van der Waals surface area contributed by atoms with Crippen molar-refractivity contribution in [2.75, 3.05) is 5.73 Å². The van der Waals surface area contributed by atoms with Crippen LogP contribution in [-0.2, 0) is 5.92 Å². The van der Waals surface area contributed by atoms with Crippen LogP contribution in [-0.4, -0.2) is 5.16 Å². The molecule has 0 aliphatic carbocycles. The van der Waals surface area contributed by atoms with Gasteiger partial charge in [-0.2, -0.15) is 8.78 Å². The maximum atomic E-state index is 12.5. The molecule has 0 atom stereocenters. The molecule has 0 saturated heterocycles. The molecular formula is C6H8F2N2O. The van der Waals surface area contributed by atoms with Crippen LogP contribution in [0.3, 0.4) is 0 Å². The average molecular weight is 162 g/mol. The van der Waals surface area contributed by atoms with Gasteiger partial charge in [0.1, 0.15) is 0 Å². The fourth-order valence-electron chi connectivity index (χ4n) is 0.757. The molecule has 0 spiro atoms. The number of nitrogen functional groups attached to an aromatic ring is 1. The number of halogens is 2. The molecule has 0 bridgehead atoms. The lowest BCUT2D eigenvalue weighted by molar-refractivity contribution is -0.0112. The van der Waals surface area contributed by atoms with Crippen molar-refractivity contribution in [3.05, 3.63) is 11.3 Å². The lowest BCUT2D eigenvalue weighted by atomic mass is 10.2. The van der Waals surface area contributed by atoms with Gasteiger partial charge in [0.2, 0.25) is 5.76 Å². The van der Waals surface area contributed by atoms with Crippen LogP contribution in [0, 0.1) is 6.92 Å². The first-order valence-corrected chi connectivity index (χ1v) is 3.03. The predicted octanol–water partition coefficient (Wildman–Crippen LogP) is 1.68. The lowest BCUT2D eigenvalue weighted by Gasteiger charge is -2.04. The number of nitrogens with zero attached hydrogens (tertiary/aromatic N) is 1. The number of rotatable bonds is 1. The Bertz CT molecular complexity index is 264. The Labute approximate surface area is 62.2 Å². The molecule has 3 nitrogen and oxygen atoms in total. The summed E-state index contributed by atoms with van der Waals surface area (Å²) in [6.45, 7) is 2.18. The summed E-state index contributed by atoms with van der Waals surface area (Å²) < 4.78 is 29.4. The molecule has 0 amide bonds. The summed E-state index contributed by atoms with van der Waals surface area (Å²) in [6, 6.07) is 0. The highest BCUT2D eigenvalue weighted by molar-refractivity contribution is 5.40. The van der Waals surface area contributed by atoms with Crippen LogP contribution in [0.15, 0.2) is 4.52 Å². The second kappa shape index (κ2) is 2.18. The van der Waals surface area contributed by atoms with Gasteiger partial charge in [-0.05, 0) is 6.92 Å². The van der Waals surface area contributed by atoms with Crippen LogP contribution in [0.5, 0.6) is 0 Å². The van der Waals surface area contributed by atoms with E-state index in [0.717, 1.165) is 6.92 Å². The normalized spacial score (nSPS) is 12.0. The largest absolute Gasteiger partial charge is 0.381 e. The quantitative estimate of drug-likeness (QED) is 0.683. The monoisotopic (exact) mass is 162 g/mol. The van der Waals surface area contributed by atoms with Crippen molar-refractivity contribution in [1.82, 2.24) is 5.16 Å². The summed E-state index contributed by atoms with van der Waals surface area (Å²) in [5.41, 5.74) is 5.41. The van der Waals surface area contributed by atoms with Crippen LogP contribution in [0.4, 0.5) is 14.6 Å². The van der Waals surface area contributed by atoms with E-state index in [1.165, 1.54) is 6.92 Å². The third-order valence-electron chi connectivity index (χ3n) is 1.36. The number of hydrogen-bond acceptors (Lipinski definition) is 3. The first-order valence-electron chi connectivity index (χ1n) is 3.03. The van der Waals surface area contributed by atoms with Gasteiger partial charge in [0, 0.05) is 12.5 Å². The molecule has 0 fully saturated rings. The van der Waals surface area contributed by atoms with E-state index in [2.05, 4.69) is 9.68 Å². The molecule has 1 aromatic heterocycles. The highest BCUT2D eigenvalue weighted by atomic mass is 19.3. The van der Waals surface area contributed by atoms with Crippen molar-refractivity contribution in [3.63, 3.8) is 0 Å². The summed E-state index contributed by atoms with van der Waals surface area (Å²) in [7, 11) is 0. The predicted molar refractivity (Wildman–Crippen MR) is 35.2 cm³/mol. The van der Waals surface area contributed by atoms with E-state index in [4.69, 9.17) is 5.73 Å². The van der Waals surface area contributed by atoms with Gasteiger partial charge in [0.05, 0.1) is 0 Å². The van der Waals surface area contributed by atoms with Gasteiger partial charge in [0.25, 0.3) is 0 Å². The summed E-state index contributed by atoms with van der Waals surface area (Å²) in [6.07, 6.45) is 0. The van der Waals surface area contributed by atoms with Crippen LogP contribution >= 0.6 is 0 Å². The molecule has 0 radical (unpaired) electrons. The standard InChI is InChI=1S/C6H8F2N2O/c1-3-4(6(2,7)8)11-10-5(3)9/h1-2H3,(H2,9,10). The second-order valence-electron chi connectivity index (χ2n) is 2.41. The maximum absolute atomic E-state index is 12.5. The molecule has 0 saturated carbocycles. The molecule has 62 valence electrons. The van der Waals surface area contributed by atoms with E-state index < -0.39 is 11.7 Å². The molecule has 0 aliphatic heterocycles. The molecule has 5 heteroatoms. The van der Waals surface area contributed by atoms with Gasteiger partial charge in [-0.1, -0.05) is 5.16 Å². The van der Waals surface area contributed by atoms with Gasteiger partial charge < -0.3 is 10.3 Å². The summed E-state index contributed by atoms with van der Waals surface area (Å²) >= 11 is 0. The summed E-state index contributed by atoms with van der Waals surface area (Å²) in [5.74, 6) is -3.45. The Morgan fingerprint density at radius 3 is 2.27 bits per heavy atom. The molecule has 2 N–H and O–H groups in total. The number of aromatic nitrogens is 1. The van der Waals surface area contributed by atoms with Crippen LogP contribution in [0.2, 0.25) is 0 Å². The lowest BCUT2D eigenvalue weighted by Crippen LogP contribution is -2.07. The number of nitrogens with two attached hydrogens (primary N) is 1. The minimum atomic E-state index is -3.01. The minimum absolute atomic E-state index is 0.0153. The zero-order valence-corrected chi connectivity index (χ0v) is 6.19. The zero-order valence-electron chi connectivity index (χ0n) is 6.19. The Morgan fingerprint density at radius 2 is 2.09 bits per heavy atom. The number of anilines is 1. The topological polar surface area (TPSA) is 52.0 Å². The van der Waals surface area contributed by atoms with Crippen molar-refractivity contribution < 1.29 is 13.3 Å². The van der Waals surface area contributed by atoms with Crippen molar-refractivity contribution in [1.29, 1.82) is 0 Å². The first kappa shape index (κ1) is 7.97. The SMILES string of the molecule is Cc1c(N)noc1C(C)(F)F. The molecule has 1 rings (SSSR count). The first-order chi connectivity index (χ1) is 4.93. The van der Waals surface area contributed by atoms with Gasteiger partial charge in [-0.25, -0.2) is 0 Å². The van der Waals surface area contributed by atoms with E-state index in [1.54, 1.807) is 0 Å². The van der Waals surface area contributed by atoms with Gasteiger partial charge in [-0.3, -0.25) is 0 Å². The molecule has 0 unspecified atom stereocenters. The van der Waals surface area contributed by atoms with Gasteiger partial charge in [-0.15, -0.1) is 0 Å². The summed E-state index contributed by atoms with van der Waals surface area (Å²) in [5, 5.41) is 3.21. The van der Waals surface area contributed by atoms with E-state index in [0.29, 0.717) is 0 Å².